The highest BCUT2D eigenvalue weighted by atomic mass is 35.5. The van der Waals surface area contributed by atoms with Crippen molar-refractivity contribution in [2.24, 2.45) is 5.84 Å². The minimum Gasteiger partial charge on any atom is -0.497 e. The van der Waals surface area contributed by atoms with Crippen molar-refractivity contribution in [3.63, 3.8) is 0 Å². The Hall–Kier alpha value is -1.26. The van der Waals surface area contributed by atoms with E-state index in [0.29, 0.717) is 10.0 Å². The van der Waals surface area contributed by atoms with E-state index in [4.69, 9.17) is 33.8 Å². The second-order valence-corrected chi connectivity index (χ2v) is 5.56. The van der Waals surface area contributed by atoms with Crippen molar-refractivity contribution >= 4 is 23.2 Å². The van der Waals surface area contributed by atoms with Gasteiger partial charge in [0.1, 0.15) is 5.75 Å². The van der Waals surface area contributed by atoms with Gasteiger partial charge in [-0.15, -0.1) is 0 Å². The lowest BCUT2D eigenvalue weighted by molar-refractivity contribution is 0.414. The number of hydrogen-bond acceptors (Lipinski definition) is 3. The Morgan fingerprint density at radius 2 is 1.71 bits per heavy atom. The molecule has 2 aromatic rings. The number of ether oxygens (including phenoxy) is 1. The molecular weight excluding hydrogens is 307 g/mol. The maximum Gasteiger partial charge on any atom is 0.118 e. The first kappa shape index (κ1) is 16.1. The second kappa shape index (κ2) is 7.66. The molecule has 21 heavy (non-hydrogen) atoms. The largest absolute Gasteiger partial charge is 0.497 e. The summed E-state index contributed by atoms with van der Waals surface area (Å²) < 4.78 is 5.15. The molecule has 0 aliphatic rings. The first-order chi connectivity index (χ1) is 10.2. The molecule has 3 N–H and O–H groups in total. The minimum absolute atomic E-state index is 0.0895. The molecule has 1 atom stereocenters. The molecule has 0 spiro atoms. The highest BCUT2D eigenvalue weighted by molar-refractivity contribution is 6.36. The van der Waals surface area contributed by atoms with Crippen LogP contribution in [0.4, 0.5) is 0 Å². The summed E-state index contributed by atoms with van der Waals surface area (Å²) in [5, 5.41) is 1.25. The van der Waals surface area contributed by atoms with Crippen LogP contribution in [0.1, 0.15) is 23.6 Å². The molecule has 0 aliphatic carbocycles. The molecule has 0 heterocycles. The van der Waals surface area contributed by atoms with Crippen LogP contribution in [0, 0.1) is 0 Å². The average Bonchev–Trinajstić information content (AvgIpc) is 2.50. The normalized spacial score (nSPS) is 12.2. The summed E-state index contributed by atoms with van der Waals surface area (Å²) in [6.45, 7) is 0. The van der Waals surface area contributed by atoms with Crippen molar-refractivity contribution in [3.05, 3.63) is 63.6 Å². The molecule has 0 amide bonds. The number of rotatable bonds is 6. The number of nitrogens with two attached hydrogens (primary N) is 1. The summed E-state index contributed by atoms with van der Waals surface area (Å²) in [6, 6.07) is 13.4. The fourth-order valence-corrected chi connectivity index (χ4v) is 2.92. The monoisotopic (exact) mass is 324 g/mol. The average molecular weight is 325 g/mol. The van der Waals surface area contributed by atoms with E-state index in [9.17, 15) is 0 Å². The van der Waals surface area contributed by atoms with Crippen LogP contribution < -0.4 is 16.0 Å². The Bertz CT molecular complexity index is 567. The third-order valence-corrected chi connectivity index (χ3v) is 4.09. The smallest absolute Gasteiger partial charge is 0.118 e. The number of methoxy groups -OCH3 is 1. The van der Waals surface area contributed by atoms with Crippen molar-refractivity contribution in [1.82, 2.24) is 5.43 Å². The van der Waals surface area contributed by atoms with Gasteiger partial charge in [0.25, 0.3) is 0 Å². The van der Waals surface area contributed by atoms with Crippen LogP contribution in [0.2, 0.25) is 10.0 Å². The highest BCUT2D eigenvalue weighted by Gasteiger charge is 2.16. The Morgan fingerprint density at radius 1 is 1.10 bits per heavy atom. The molecule has 0 aliphatic heterocycles. The standard InChI is InChI=1S/C16H18Cl2N2O/c1-21-12-8-5-11(6-9-12)7-10-15(20-19)16-13(17)3-2-4-14(16)18/h2-6,8-9,15,20H,7,10,19H2,1H3. The molecule has 3 nitrogen and oxygen atoms in total. The van der Waals surface area contributed by atoms with Gasteiger partial charge in [-0.2, -0.15) is 0 Å². The van der Waals surface area contributed by atoms with Crippen molar-refractivity contribution in [3.8, 4) is 5.75 Å². The van der Waals surface area contributed by atoms with Gasteiger partial charge in [-0.05, 0) is 42.7 Å². The Balaban J connectivity index is 2.08. The Kier molecular flexibility index (Phi) is 5.88. The van der Waals surface area contributed by atoms with Gasteiger partial charge in [-0.3, -0.25) is 11.3 Å². The van der Waals surface area contributed by atoms with E-state index in [1.54, 1.807) is 7.11 Å². The lowest BCUT2D eigenvalue weighted by atomic mass is 9.99. The number of hydrogen-bond donors (Lipinski definition) is 2. The van der Waals surface area contributed by atoms with E-state index in [1.807, 2.05) is 42.5 Å². The van der Waals surface area contributed by atoms with E-state index < -0.39 is 0 Å². The van der Waals surface area contributed by atoms with Gasteiger partial charge in [0.2, 0.25) is 0 Å². The fraction of sp³-hybridized carbons (Fsp3) is 0.250. The summed E-state index contributed by atoms with van der Waals surface area (Å²) >= 11 is 12.5. The molecule has 0 saturated carbocycles. The number of nitrogens with one attached hydrogen (secondary N) is 1. The SMILES string of the molecule is COc1ccc(CCC(NN)c2c(Cl)cccc2Cl)cc1. The molecule has 0 fully saturated rings. The summed E-state index contributed by atoms with van der Waals surface area (Å²) in [7, 11) is 1.66. The number of hydrazine groups is 1. The predicted molar refractivity (Wildman–Crippen MR) is 87.8 cm³/mol. The number of benzene rings is 2. The summed E-state index contributed by atoms with van der Waals surface area (Å²) in [4.78, 5) is 0. The van der Waals surface area contributed by atoms with Crippen LogP contribution in [0.25, 0.3) is 0 Å². The van der Waals surface area contributed by atoms with Crippen LogP contribution in [0.15, 0.2) is 42.5 Å². The van der Waals surface area contributed by atoms with Gasteiger partial charge in [0.05, 0.1) is 7.11 Å². The van der Waals surface area contributed by atoms with Crippen molar-refractivity contribution in [2.45, 2.75) is 18.9 Å². The third kappa shape index (κ3) is 4.11. The molecule has 0 radical (unpaired) electrons. The molecule has 5 heteroatoms. The molecule has 1 unspecified atom stereocenters. The van der Waals surface area contributed by atoms with E-state index in [0.717, 1.165) is 24.2 Å². The molecule has 0 saturated heterocycles. The molecule has 0 bridgehead atoms. The van der Waals surface area contributed by atoms with Gasteiger partial charge < -0.3 is 4.74 Å². The van der Waals surface area contributed by atoms with Gasteiger partial charge in [-0.25, -0.2) is 0 Å². The Labute approximate surface area is 135 Å². The van der Waals surface area contributed by atoms with Gasteiger partial charge in [0, 0.05) is 21.7 Å². The van der Waals surface area contributed by atoms with E-state index in [-0.39, 0.29) is 6.04 Å². The minimum atomic E-state index is -0.0895. The van der Waals surface area contributed by atoms with Crippen LogP contribution in [0.3, 0.4) is 0 Å². The Morgan fingerprint density at radius 3 is 2.24 bits per heavy atom. The van der Waals surface area contributed by atoms with E-state index in [2.05, 4.69) is 5.43 Å². The highest BCUT2D eigenvalue weighted by Crippen LogP contribution is 2.32. The van der Waals surface area contributed by atoms with Crippen molar-refractivity contribution in [2.75, 3.05) is 7.11 Å². The second-order valence-electron chi connectivity index (χ2n) is 4.74. The number of aryl methyl sites for hydroxylation is 1. The van der Waals surface area contributed by atoms with Crippen LogP contribution in [0.5, 0.6) is 5.75 Å². The third-order valence-electron chi connectivity index (χ3n) is 3.43. The van der Waals surface area contributed by atoms with Gasteiger partial charge >= 0.3 is 0 Å². The van der Waals surface area contributed by atoms with Crippen LogP contribution in [-0.2, 0) is 6.42 Å². The molecule has 2 aromatic carbocycles. The predicted octanol–water partition coefficient (Wildman–Crippen LogP) is 4.14. The fourth-order valence-electron chi connectivity index (χ4n) is 2.26. The van der Waals surface area contributed by atoms with Gasteiger partial charge in [-0.1, -0.05) is 41.4 Å². The lowest BCUT2D eigenvalue weighted by Gasteiger charge is -2.19. The summed E-state index contributed by atoms with van der Waals surface area (Å²) in [6.07, 6.45) is 1.66. The maximum absolute atomic E-state index is 6.23. The van der Waals surface area contributed by atoms with Crippen molar-refractivity contribution in [1.29, 1.82) is 0 Å². The first-order valence-corrected chi connectivity index (χ1v) is 7.44. The maximum atomic E-state index is 6.23. The first-order valence-electron chi connectivity index (χ1n) is 6.68. The quantitative estimate of drug-likeness (QED) is 0.620. The van der Waals surface area contributed by atoms with Crippen molar-refractivity contribution < 1.29 is 4.74 Å². The molecule has 0 aromatic heterocycles. The lowest BCUT2D eigenvalue weighted by Crippen LogP contribution is -2.29. The summed E-state index contributed by atoms with van der Waals surface area (Å²) in [5.41, 5.74) is 4.85. The van der Waals surface area contributed by atoms with E-state index >= 15 is 0 Å². The molecule has 2 rings (SSSR count). The zero-order valence-electron chi connectivity index (χ0n) is 11.8. The summed E-state index contributed by atoms with van der Waals surface area (Å²) in [5.74, 6) is 6.51. The van der Waals surface area contributed by atoms with Crippen LogP contribution >= 0.6 is 23.2 Å². The molecular formula is C16H18Cl2N2O. The topological polar surface area (TPSA) is 47.3 Å². The zero-order chi connectivity index (χ0) is 15.2. The zero-order valence-corrected chi connectivity index (χ0v) is 13.3. The van der Waals surface area contributed by atoms with E-state index in [1.165, 1.54) is 5.56 Å². The van der Waals surface area contributed by atoms with Gasteiger partial charge in [0.15, 0.2) is 0 Å². The molecule has 112 valence electrons. The van der Waals surface area contributed by atoms with Crippen LogP contribution in [-0.4, -0.2) is 7.11 Å². The number of halogens is 2.